The van der Waals surface area contributed by atoms with Crippen molar-refractivity contribution in [1.82, 2.24) is 26.6 Å². The molecule has 0 saturated heterocycles. The molecule has 0 aromatic heterocycles. The van der Waals surface area contributed by atoms with E-state index in [-0.39, 0.29) is 38.6 Å². The van der Waals surface area contributed by atoms with Crippen molar-refractivity contribution in [1.29, 1.82) is 0 Å². The molecule has 5 unspecified atom stereocenters. The summed E-state index contributed by atoms with van der Waals surface area (Å²) >= 11 is 0. The SMILES string of the molecule is CC(N)C(CCCCNC(=O)CCC(NC(=O)CC[C@H](NC(=O)CCC(NC(=O)CCC(NC(=O)CCCCCCCCCCCCC(=O)O)C(=O)O)C(=O)O)C(=O)O)C(=O)O)C(=O)O. The average molecular weight is 931 g/mol. The maximum atomic E-state index is 12.6. The van der Waals surface area contributed by atoms with E-state index < -0.39 is 134 Å². The number of nitrogens with one attached hydrogen (secondary N) is 5. The van der Waals surface area contributed by atoms with Crippen molar-refractivity contribution >= 4 is 65.4 Å². The Labute approximate surface area is 377 Å². The smallest absolute Gasteiger partial charge is 0.326 e. The lowest BCUT2D eigenvalue weighted by Crippen LogP contribution is -2.45. The molecule has 13 N–H and O–H groups in total. The molecule has 0 aromatic rings. The molecule has 23 nitrogen and oxygen atoms in total. The van der Waals surface area contributed by atoms with Crippen LogP contribution in [0.1, 0.15) is 155 Å². The minimum absolute atomic E-state index is 0.0742. The average Bonchev–Trinajstić information content (AvgIpc) is 3.21. The molecule has 0 saturated carbocycles. The Hall–Kier alpha value is -5.87. The Kier molecular flexibility index (Phi) is 31.4. The zero-order chi connectivity index (χ0) is 49.3. The van der Waals surface area contributed by atoms with Crippen molar-refractivity contribution < 1.29 is 83.4 Å². The van der Waals surface area contributed by atoms with Crippen LogP contribution in [0.2, 0.25) is 0 Å². The van der Waals surface area contributed by atoms with Gasteiger partial charge in [0.15, 0.2) is 0 Å². The van der Waals surface area contributed by atoms with Crippen LogP contribution in [0.3, 0.4) is 0 Å². The molecule has 0 rings (SSSR count). The Balaban J connectivity index is 4.69. The lowest BCUT2D eigenvalue weighted by Gasteiger charge is -2.18. The molecule has 0 aliphatic carbocycles. The number of carbonyl (C=O) groups is 11. The lowest BCUT2D eigenvalue weighted by atomic mass is 9.95. The van der Waals surface area contributed by atoms with Crippen molar-refractivity contribution in [2.45, 2.75) is 185 Å². The molecular formula is C42H70N6O17. The molecule has 0 fully saturated rings. The molecule has 0 bridgehead atoms. The minimum Gasteiger partial charge on any atom is -0.481 e. The van der Waals surface area contributed by atoms with E-state index in [1.54, 1.807) is 6.92 Å². The summed E-state index contributed by atoms with van der Waals surface area (Å²) in [5, 5.41) is 67.6. The summed E-state index contributed by atoms with van der Waals surface area (Å²) < 4.78 is 0. The molecule has 23 heteroatoms. The fourth-order valence-corrected chi connectivity index (χ4v) is 6.59. The first-order valence-electron chi connectivity index (χ1n) is 22.2. The van der Waals surface area contributed by atoms with Gasteiger partial charge in [0, 0.05) is 51.1 Å². The van der Waals surface area contributed by atoms with Crippen LogP contribution in [0.15, 0.2) is 0 Å². The van der Waals surface area contributed by atoms with Crippen LogP contribution in [-0.2, 0) is 52.7 Å². The van der Waals surface area contributed by atoms with Crippen LogP contribution in [-0.4, -0.2) is 133 Å². The monoisotopic (exact) mass is 930 g/mol. The number of carboxylic acids is 6. The van der Waals surface area contributed by atoms with Crippen molar-refractivity contribution in [3.8, 4) is 0 Å². The Morgan fingerprint density at radius 2 is 0.677 bits per heavy atom. The molecule has 5 amide bonds. The van der Waals surface area contributed by atoms with Crippen LogP contribution >= 0.6 is 0 Å². The number of rotatable bonds is 40. The summed E-state index contributed by atoms with van der Waals surface area (Å²) in [7, 11) is 0. The van der Waals surface area contributed by atoms with Crippen LogP contribution in [0, 0.1) is 5.92 Å². The van der Waals surface area contributed by atoms with E-state index in [2.05, 4.69) is 26.6 Å². The highest BCUT2D eigenvalue weighted by Gasteiger charge is 2.28. The Morgan fingerprint density at radius 3 is 0.985 bits per heavy atom. The predicted molar refractivity (Wildman–Crippen MR) is 230 cm³/mol. The molecule has 0 aliphatic rings. The van der Waals surface area contributed by atoms with Crippen LogP contribution in [0.4, 0.5) is 0 Å². The molecule has 0 heterocycles. The van der Waals surface area contributed by atoms with E-state index in [0.29, 0.717) is 32.1 Å². The van der Waals surface area contributed by atoms with Gasteiger partial charge >= 0.3 is 35.8 Å². The first-order valence-corrected chi connectivity index (χ1v) is 22.2. The zero-order valence-corrected chi connectivity index (χ0v) is 37.2. The van der Waals surface area contributed by atoms with Gasteiger partial charge in [0.2, 0.25) is 29.5 Å². The topological polar surface area (TPSA) is 395 Å². The second-order valence-electron chi connectivity index (χ2n) is 16.1. The quantitative estimate of drug-likeness (QED) is 0.0387. The molecular weight excluding hydrogens is 860 g/mol. The number of aliphatic carboxylic acids is 6. The van der Waals surface area contributed by atoms with Crippen LogP contribution in [0.25, 0.3) is 0 Å². The fourth-order valence-electron chi connectivity index (χ4n) is 6.59. The van der Waals surface area contributed by atoms with E-state index in [9.17, 15) is 78.3 Å². The first kappa shape index (κ1) is 59.1. The van der Waals surface area contributed by atoms with Crippen LogP contribution in [0.5, 0.6) is 0 Å². The van der Waals surface area contributed by atoms with Gasteiger partial charge in [-0.15, -0.1) is 0 Å². The van der Waals surface area contributed by atoms with E-state index >= 15 is 0 Å². The fraction of sp³-hybridized carbons (Fsp3) is 0.738. The molecule has 0 spiro atoms. The number of nitrogens with two attached hydrogens (primary N) is 1. The zero-order valence-electron chi connectivity index (χ0n) is 37.2. The molecule has 0 aromatic carbocycles. The summed E-state index contributed by atoms with van der Waals surface area (Å²) in [6.07, 6.45) is 6.70. The largest absolute Gasteiger partial charge is 0.481 e. The standard InChI is InChI=1S/C42H70N6O17/c1-26(43)27(38(56)57)14-12-13-25-44-32(49)21-17-28(39(58)59)46-34(51)23-19-30(41(62)63)48-36(53)24-20-31(42(64)65)47-35(52)22-18-29(40(60)61)45-33(50)15-10-8-6-4-2-3-5-7-9-11-16-37(54)55/h26-31H,2-25,43H2,1H3,(H,44,49)(H,45,50)(H,46,51)(H,47,52)(H,48,53)(H,54,55)(H,56,57)(H,58,59)(H,60,61)(H,62,63)(H,64,65)/t26?,27?,28?,29?,30-,31?/m0/s1. The normalized spacial score (nSPS) is 13.7. The third-order valence-electron chi connectivity index (χ3n) is 10.4. The summed E-state index contributed by atoms with van der Waals surface area (Å²) in [4.78, 5) is 131. The number of carbonyl (C=O) groups excluding carboxylic acids is 5. The highest BCUT2D eigenvalue weighted by Crippen LogP contribution is 2.14. The molecule has 370 valence electrons. The Morgan fingerprint density at radius 1 is 0.369 bits per heavy atom. The van der Waals surface area contributed by atoms with Gasteiger partial charge < -0.3 is 63.0 Å². The number of hydrogen-bond acceptors (Lipinski definition) is 12. The third-order valence-corrected chi connectivity index (χ3v) is 10.4. The minimum atomic E-state index is -1.65. The molecule has 0 aliphatic heterocycles. The van der Waals surface area contributed by atoms with E-state index in [1.807, 2.05) is 0 Å². The number of hydrogen-bond donors (Lipinski definition) is 12. The van der Waals surface area contributed by atoms with E-state index in [1.165, 1.54) is 0 Å². The van der Waals surface area contributed by atoms with Gasteiger partial charge in [0.1, 0.15) is 24.2 Å². The van der Waals surface area contributed by atoms with E-state index in [4.69, 9.17) is 10.8 Å². The van der Waals surface area contributed by atoms with E-state index in [0.717, 1.165) is 51.4 Å². The number of carboxylic acid groups (broad SMARTS) is 6. The van der Waals surface area contributed by atoms with Gasteiger partial charge in [0.25, 0.3) is 0 Å². The van der Waals surface area contributed by atoms with Crippen molar-refractivity contribution in [2.75, 3.05) is 6.54 Å². The Bertz CT molecular complexity index is 1580. The van der Waals surface area contributed by atoms with Gasteiger partial charge in [-0.05, 0) is 58.3 Å². The predicted octanol–water partition coefficient (Wildman–Crippen LogP) is 1.49. The lowest BCUT2D eigenvalue weighted by molar-refractivity contribution is -0.144. The highest BCUT2D eigenvalue weighted by atomic mass is 16.4. The highest BCUT2D eigenvalue weighted by molar-refractivity contribution is 5.88. The van der Waals surface area contributed by atoms with Gasteiger partial charge in [-0.3, -0.25) is 33.6 Å². The maximum Gasteiger partial charge on any atom is 0.326 e. The van der Waals surface area contributed by atoms with Crippen molar-refractivity contribution in [2.24, 2.45) is 11.7 Å². The third kappa shape index (κ3) is 30.8. The molecule has 6 atom stereocenters. The molecule has 65 heavy (non-hydrogen) atoms. The van der Waals surface area contributed by atoms with Gasteiger partial charge in [-0.25, -0.2) is 19.2 Å². The second-order valence-corrected chi connectivity index (χ2v) is 16.1. The van der Waals surface area contributed by atoms with Gasteiger partial charge in [-0.2, -0.15) is 0 Å². The molecule has 0 radical (unpaired) electrons. The number of amides is 5. The van der Waals surface area contributed by atoms with Gasteiger partial charge in [0.05, 0.1) is 5.92 Å². The maximum absolute atomic E-state index is 12.6. The van der Waals surface area contributed by atoms with Crippen molar-refractivity contribution in [3.63, 3.8) is 0 Å². The summed E-state index contributed by atoms with van der Waals surface area (Å²) in [6, 6.07) is -6.75. The second kappa shape index (κ2) is 34.5. The summed E-state index contributed by atoms with van der Waals surface area (Å²) in [6.45, 7) is 1.78. The van der Waals surface area contributed by atoms with Crippen LogP contribution < -0.4 is 32.3 Å². The van der Waals surface area contributed by atoms with Gasteiger partial charge in [-0.1, -0.05) is 57.8 Å². The number of unbranched alkanes of at least 4 members (excludes halogenated alkanes) is 10. The first-order chi connectivity index (χ1) is 30.6. The van der Waals surface area contributed by atoms with Crippen molar-refractivity contribution in [3.05, 3.63) is 0 Å². The summed E-state index contributed by atoms with van der Waals surface area (Å²) in [5.41, 5.74) is 5.67. The summed E-state index contributed by atoms with van der Waals surface area (Å²) in [5.74, 6) is -12.2.